The van der Waals surface area contributed by atoms with Gasteiger partial charge in [-0.1, -0.05) is 11.3 Å². The number of thiazole rings is 1. The Kier molecular flexibility index (Phi) is 5.04. The Balaban J connectivity index is 1.86. The second-order valence-electron chi connectivity index (χ2n) is 5.21. The summed E-state index contributed by atoms with van der Waals surface area (Å²) in [5, 5.41) is 3.18. The molecule has 26 heavy (non-hydrogen) atoms. The number of rotatable bonds is 5. The SMILES string of the molecule is COC(=O)c1ccc2nc(NC(=O)c3ccc(OC)cc3OC)sc2c1. The molecule has 0 saturated heterocycles. The number of fused-ring (bicyclic) bond motifs is 1. The number of carbonyl (C=O) groups excluding carboxylic acids is 2. The molecule has 2 aromatic carbocycles. The average Bonchev–Trinajstić information content (AvgIpc) is 3.07. The summed E-state index contributed by atoms with van der Waals surface area (Å²) >= 11 is 1.27. The van der Waals surface area contributed by atoms with Crippen molar-refractivity contribution in [3.8, 4) is 11.5 Å². The first-order valence-electron chi connectivity index (χ1n) is 7.58. The van der Waals surface area contributed by atoms with Crippen molar-refractivity contribution in [1.82, 2.24) is 4.98 Å². The normalized spacial score (nSPS) is 10.4. The van der Waals surface area contributed by atoms with Crippen LogP contribution < -0.4 is 14.8 Å². The van der Waals surface area contributed by atoms with E-state index in [1.165, 1.54) is 32.7 Å². The highest BCUT2D eigenvalue weighted by Crippen LogP contribution is 2.29. The third kappa shape index (κ3) is 3.45. The lowest BCUT2D eigenvalue weighted by Gasteiger charge is -2.09. The van der Waals surface area contributed by atoms with Crippen LogP contribution >= 0.6 is 11.3 Å². The van der Waals surface area contributed by atoms with E-state index in [0.717, 1.165) is 4.70 Å². The van der Waals surface area contributed by atoms with Gasteiger partial charge in [0.05, 0.1) is 42.7 Å². The molecule has 0 fully saturated rings. The van der Waals surface area contributed by atoms with E-state index in [1.807, 2.05) is 0 Å². The molecule has 0 saturated carbocycles. The summed E-state index contributed by atoms with van der Waals surface area (Å²) in [5.74, 6) is 0.218. The van der Waals surface area contributed by atoms with E-state index in [0.29, 0.717) is 33.3 Å². The maximum atomic E-state index is 12.6. The largest absolute Gasteiger partial charge is 0.497 e. The number of nitrogens with zero attached hydrogens (tertiary/aromatic N) is 1. The van der Waals surface area contributed by atoms with Crippen LogP contribution in [0.15, 0.2) is 36.4 Å². The Morgan fingerprint density at radius 1 is 1.04 bits per heavy atom. The van der Waals surface area contributed by atoms with Gasteiger partial charge in [-0.05, 0) is 30.3 Å². The zero-order chi connectivity index (χ0) is 18.7. The number of ether oxygens (including phenoxy) is 3. The van der Waals surface area contributed by atoms with E-state index in [9.17, 15) is 9.59 Å². The van der Waals surface area contributed by atoms with E-state index >= 15 is 0 Å². The lowest BCUT2D eigenvalue weighted by Crippen LogP contribution is -2.13. The van der Waals surface area contributed by atoms with Crippen LogP contribution in [-0.2, 0) is 4.74 Å². The summed E-state index contributed by atoms with van der Waals surface area (Å²) in [7, 11) is 4.35. The Labute approximate surface area is 153 Å². The van der Waals surface area contributed by atoms with E-state index in [4.69, 9.17) is 14.2 Å². The zero-order valence-corrected chi connectivity index (χ0v) is 15.2. The van der Waals surface area contributed by atoms with Crippen molar-refractivity contribution in [2.75, 3.05) is 26.6 Å². The molecule has 1 aromatic heterocycles. The first-order chi connectivity index (χ1) is 12.5. The van der Waals surface area contributed by atoms with Crippen LogP contribution in [0.5, 0.6) is 11.5 Å². The first kappa shape index (κ1) is 17.7. The van der Waals surface area contributed by atoms with Crippen molar-refractivity contribution < 1.29 is 23.8 Å². The summed E-state index contributed by atoms with van der Waals surface area (Å²) in [5.41, 5.74) is 1.47. The van der Waals surface area contributed by atoms with Gasteiger partial charge in [0.25, 0.3) is 5.91 Å². The van der Waals surface area contributed by atoms with Crippen molar-refractivity contribution >= 4 is 38.6 Å². The number of nitrogens with one attached hydrogen (secondary N) is 1. The Morgan fingerprint density at radius 3 is 2.54 bits per heavy atom. The monoisotopic (exact) mass is 372 g/mol. The van der Waals surface area contributed by atoms with Gasteiger partial charge >= 0.3 is 5.97 Å². The molecule has 3 rings (SSSR count). The Morgan fingerprint density at radius 2 is 1.85 bits per heavy atom. The van der Waals surface area contributed by atoms with Crippen LogP contribution in [0.25, 0.3) is 10.2 Å². The Bertz CT molecular complexity index is 983. The molecule has 3 aromatic rings. The van der Waals surface area contributed by atoms with E-state index in [-0.39, 0.29) is 5.91 Å². The van der Waals surface area contributed by atoms with Gasteiger partial charge in [-0.2, -0.15) is 0 Å². The topological polar surface area (TPSA) is 86.8 Å². The molecule has 0 radical (unpaired) electrons. The minimum atomic E-state index is -0.422. The van der Waals surface area contributed by atoms with Gasteiger partial charge in [-0.3, -0.25) is 10.1 Å². The molecular weight excluding hydrogens is 356 g/mol. The summed E-state index contributed by atoms with van der Waals surface area (Å²) in [6.45, 7) is 0. The lowest BCUT2D eigenvalue weighted by atomic mass is 10.2. The van der Waals surface area contributed by atoms with Crippen LogP contribution in [-0.4, -0.2) is 38.2 Å². The highest BCUT2D eigenvalue weighted by Gasteiger charge is 2.16. The molecular formula is C18H16N2O5S. The predicted molar refractivity (Wildman–Crippen MR) is 98.5 cm³/mol. The third-order valence-electron chi connectivity index (χ3n) is 3.68. The number of carbonyl (C=O) groups is 2. The number of amides is 1. The quantitative estimate of drug-likeness (QED) is 0.691. The van der Waals surface area contributed by atoms with Crippen molar-refractivity contribution in [1.29, 1.82) is 0 Å². The van der Waals surface area contributed by atoms with Crippen LogP contribution in [0.2, 0.25) is 0 Å². The molecule has 0 aliphatic carbocycles. The lowest BCUT2D eigenvalue weighted by molar-refractivity contribution is 0.0601. The standard InChI is InChI=1S/C18H16N2O5S/c1-23-11-5-6-12(14(9-11)24-2)16(21)20-18-19-13-7-4-10(17(22)25-3)8-15(13)26-18/h4-9H,1-3H3,(H,19,20,21). The molecule has 0 spiro atoms. The van der Waals surface area contributed by atoms with Gasteiger partial charge in [0.15, 0.2) is 5.13 Å². The number of hydrogen-bond acceptors (Lipinski definition) is 7. The molecule has 1 N–H and O–H groups in total. The average molecular weight is 372 g/mol. The van der Waals surface area contributed by atoms with Gasteiger partial charge in [0.2, 0.25) is 0 Å². The summed E-state index contributed by atoms with van der Waals surface area (Å²) in [6, 6.07) is 9.96. The van der Waals surface area contributed by atoms with Gasteiger partial charge in [-0.25, -0.2) is 9.78 Å². The van der Waals surface area contributed by atoms with Gasteiger partial charge in [-0.15, -0.1) is 0 Å². The molecule has 0 atom stereocenters. The molecule has 7 nitrogen and oxygen atoms in total. The van der Waals surface area contributed by atoms with Crippen LogP contribution in [0.1, 0.15) is 20.7 Å². The number of hydrogen-bond donors (Lipinski definition) is 1. The minimum Gasteiger partial charge on any atom is -0.497 e. The maximum absolute atomic E-state index is 12.6. The number of methoxy groups -OCH3 is 3. The molecule has 1 heterocycles. The number of aromatic nitrogens is 1. The van der Waals surface area contributed by atoms with Crippen molar-refractivity contribution in [2.24, 2.45) is 0 Å². The maximum Gasteiger partial charge on any atom is 0.337 e. The second-order valence-corrected chi connectivity index (χ2v) is 6.24. The first-order valence-corrected chi connectivity index (χ1v) is 8.39. The molecule has 134 valence electrons. The molecule has 0 aliphatic heterocycles. The van der Waals surface area contributed by atoms with Crippen LogP contribution in [0.3, 0.4) is 0 Å². The van der Waals surface area contributed by atoms with Crippen molar-refractivity contribution in [3.63, 3.8) is 0 Å². The Hall–Kier alpha value is -3.13. The predicted octanol–water partition coefficient (Wildman–Crippen LogP) is 3.35. The fourth-order valence-corrected chi connectivity index (χ4v) is 3.27. The minimum absolute atomic E-state index is 0.350. The summed E-state index contributed by atoms with van der Waals surface area (Å²) < 4.78 is 15.9. The smallest absolute Gasteiger partial charge is 0.337 e. The number of esters is 1. The fourth-order valence-electron chi connectivity index (χ4n) is 2.37. The van der Waals surface area contributed by atoms with E-state index in [2.05, 4.69) is 10.3 Å². The van der Waals surface area contributed by atoms with Gasteiger partial charge < -0.3 is 14.2 Å². The number of anilines is 1. The highest BCUT2D eigenvalue weighted by molar-refractivity contribution is 7.22. The molecule has 0 unspecified atom stereocenters. The van der Waals surface area contributed by atoms with Crippen molar-refractivity contribution in [3.05, 3.63) is 47.5 Å². The van der Waals surface area contributed by atoms with Gasteiger partial charge in [0, 0.05) is 6.07 Å². The second kappa shape index (κ2) is 7.40. The van der Waals surface area contributed by atoms with Crippen LogP contribution in [0, 0.1) is 0 Å². The third-order valence-corrected chi connectivity index (χ3v) is 4.62. The van der Waals surface area contributed by atoms with E-state index < -0.39 is 5.97 Å². The fraction of sp³-hybridized carbons (Fsp3) is 0.167. The molecule has 8 heteroatoms. The zero-order valence-electron chi connectivity index (χ0n) is 14.4. The van der Waals surface area contributed by atoms with E-state index in [1.54, 1.807) is 36.4 Å². The molecule has 0 aliphatic rings. The summed E-state index contributed by atoms with van der Waals surface area (Å²) in [4.78, 5) is 28.5. The summed E-state index contributed by atoms with van der Waals surface area (Å²) in [6.07, 6.45) is 0. The highest BCUT2D eigenvalue weighted by atomic mass is 32.1. The van der Waals surface area contributed by atoms with Crippen molar-refractivity contribution in [2.45, 2.75) is 0 Å². The molecule has 1 amide bonds. The number of benzene rings is 2. The van der Waals surface area contributed by atoms with Gasteiger partial charge in [0.1, 0.15) is 11.5 Å². The molecule has 0 bridgehead atoms. The van der Waals surface area contributed by atoms with Crippen LogP contribution in [0.4, 0.5) is 5.13 Å².